The number of nitrogens with two attached hydrogens (primary N) is 1. The van der Waals surface area contributed by atoms with Gasteiger partial charge in [-0.05, 0) is 36.2 Å². The molecule has 2 aromatic rings. The molecule has 2 aromatic carbocycles. The number of rotatable bonds is 5. The fourth-order valence-electron chi connectivity index (χ4n) is 2.35. The van der Waals surface area contributed by atoms with Gasteiger partial charge in [-0.15, -0.1) is 0 Å². The first kappa shape index (κ1) is 14.9. The normalized spacial score (nSPS) is 10.1. The lowest BCUT2D eigenvalue weighted by Gasteiger charge is -2.25. The molecule has 0 aliphatic rings. The van der Waals surface area contributed by atoms with Crippen LogP contribution in [0.2, 0.25) is 0 Å². The summed E-state index contributed by atoms with van der Waals surface area (Å²) in [6.07, 6.45) is 0.906. The monoisotopic (exact) mass is 283 g/mol. The fourth-order valence-corrected chi connectivity index (χ4v) is 2.35. The Labute approximate surface area is 124 Å². The number of nitrogen functional groups attached to an aromatic ring is 1. The predicted molar refractivity (Wildman–Crippen MR) is 83.3 cm³/mol. The number of hydrogen-bond donors (Lipinski definition) is 1. The minimum Gasteiger partial charge on any atom is -0.399 e. The Morgan fingerprint density at radius 2 is 2.00 bits per heavy atom. The van der Waals surface area contributed by atoms with E-state index in [1.165, 1.54) is 6.07 Å². The first-order chi connectivity index (χ1) is 10.2. The number of benzene rings is 2. The van der Waals surface area contributed by atoms with E-state index in [9.17, 15) is 9.65 Å². The highest BCUT2D eigenvalue weighted by atomic mass is 19.1. The van der Waals surface area contributed by atoms with Gasteiger partial charge in [-0.3, -0.25) is 0 Å². The molecule has 0 aromatic heterocycles. The summed E-state index contributed by atoms with van der Waals surface area (Å²) in [7, 11) is 0. The molecular formula is C17H18FN3. The van der Waals surface area contributed by atoms with Gasteiger partial charge in [-0.2, -0.15) is 5.26 Å². The molecule has 0 radical (unpaired) electrons. The van der Waals surface area contributed by atoms with Crippen LogP contribution in [-0.4, -0.2) is 6.54 Å². The van der Waals surface area contributed by atoms with Crippen LogP contribution in [0.3, 0.4) is 0 Å². The lowest BCUT2D eigenvalue weighted by molar-refractivity contribution is 0.621. The molecule has 4 heteroatoms. The smallest absolute Gasteiger partial charge is 0.143 e. The maximum Gasteiger partial charge on any atom is 0.143 e. The molecule has 0 fully saturated rings. The Hall–Kier alpha value is -2.54. The highest BCUT2D eigenvalue weighted by Crippen LogP contribution is 2.25. The quantitative estimate of drug-likeness (QED) is 0.851. The Bertz CT molecular complexity index is 661. The Morgan fingerprint density at radius 3 is 2.67 bits per heavy atom. The molecule has 0 aliphatic heterocycles. The van der Waals surface area contributed by atoms with Crippen LogP contribution in [0.25, 0.3) is 0 Å². The van der Waals surface area contributed by atoms with Crippen LogP contribution in [0.15, 0.2) is 42.5 Å². The SMILES string of the molecule is CCCN(Cc1cccc(N)c1)c1cccc(F)c1C#N. The van der Waals surface area contributed by atoms with Crippen LogP contribution in [0.5, 0.6) is 0 Å². The first-order valence-electron chi connectivity index (χ1n) is 6.93. The van der Waals surface area contributed by atoms with E-state index in [1.54, 1.807) is 12.1 Å². The molecular weight excluding hydrogens is 265 g/mol. The van der Waals surface area contributed by atoms with Crippen LogP contribution in [-0.2, 0) is 6.54 Å². The van der Waals surface area contributed by atoms with E-state index in [0.29, 0.717) is 17.9 Å². The minimum absolute atomic E-state index is 0.0925. The molecule has 3 nitrogen and oxygen atoms in total. The van der Waals surface area contributed by atoms with E-state index in [2.05, 4.69) is 6.92 Å². The zero-order valence-corrected chi connectivity index (χ0v) is 12.0. The molecule has 0 atom stereocenters. The summed E-state index contributed by atoms with van der Waals surface area (Å²) in [5.74, 6) is -0.483. The van der Waals surface area contributed by atoms with Crippen molar-refractivity contribution in [2.45, 2.75) is 19.9 Å². The summed E-state index contributed by atoms with van der Waals surface area (Å²) in [5, 5.41) is 9.19. The zero-order valence-electron chi connectivity index (χ0n) is 12.0. The van der Waals surface area contributed by atoms with Crippen LogP contribution in [0, 0.1) is 17.1 Å². The molecule has 108 valence electrons. The van der Waals surface area contributed by atoms with Crippen molar-refractivity contribution in [2.75, 3.05) is 17.2 Å². The summed E-state index contributed by atoms with van der Waals surface area (Å²) in [6, 6.07) is 14.3. The van der Waals surface area contributed by atoms with E-state index in [-0.39, 0.29) is 5.56 Å². The molecule has 0 spiro atoms. The number of anilines is 2. The summed E-state index contributed by atoms with van der Waals surface area (Å²) in [5.41, 5.74) is 8.25. The zero-order chi connectivity index (χ0) is 15.2. The third-order valence-electron chi connectivity index (χ3n) is 3.26. The van der Waals surface area contributed by atoms with Gasteiger partial charge in [0.2, 0.25) is 0 Å². The largest absolute Gasteiger partial charge is 0.399 e. The van der Waals surface area contributed by atoms with Crippen molar-refractivity contribution < 1.29 is 4.39 Å². The Kier molecular flexibility index (Phi) is 4.78. The van der Waals surface area contributed by atoms with E-state index < -0.39 is 5.82 Å². The van der Waals surface area contributed by atoms with Crippen LogP contribution in [0.4, 0.5) is 15.8 Å². The van der Waals surface area contributed by atoms with Gasteiger partial charge in [0.1, 0.15) is 17.4 Å². The minimum atomic E-state index is -0.483. The molecule has 0 saturated carbocycles. The van der Waals surface area contributed by atoms with Crippen molar-refractivity contribution in [1.82, 2.24) is 0 Å². The lowest BCUT2D eigenvalue weighted by atomic mass is 10.1. The average Bonchev–Trinajstić information content (AvgIpc) is 2.46. The van der Waals surface area contributed by atoms with Crippen LogP contribution in [0.1, 0.15) is 24.5 Å². The molecule has 2 rings (SSSR count). The van der Waals surface area contributed by atoms with E-state index in [0.717, 1.165) is 18.5 Å². The van der Waals surface area contributed by atoms with Crippen molar-refractivity contribution in [2.24, 2.45) is 0 Å². The fraction of sp³-hybridized carbons (Fsp3) is 0.235. The second-order valence-corrected chi connectivity index (χ2v) is 4.91. The molecule has 2 N–H and O–H groups in total. The molecule has 21 heavy (non-hydrogen) atoms. The Balaban J connectivity index is 2.36. The third kappa shape index (κ3) is 3.51. The second-order valence-electron chi connectivity index (χ2n) is 4.91. The molecule has 0 saturated heterocycles. The molecule has 0 amide bonds. The van der Waals surface area contributed by atoms with Gasteiger partial charge in [-0.1, -0.05) is 25.1 Å². The van der Waals surface area contributed by atoms with Gasteiger partial charge in [0, 0.05) is 18.8 Å². The van der Waals surface area contributed by atoms with Crippen molar-refractivity contribution in [1.29, 1.82) is 5.26 Å². The van der Waals surface area contributed by atoms with Crippen molar-refractivity contribution in [3.8, 4) is 6.07 Å². The number of nitriles is 1. The topological polar surface area (TPSA) is 53.0 Å². The standard InChI is InChI=1S/C17H18FN3/c1-2-9-21(12-13-5-3-6-14(20)10-13)17-8-4-7-16(18)15(17)11-19/h3-8,10H,2,9,12,20H2,1H3. The number of nitrogens with zero attached hydrogens (tertiary/aromatic N) is 2. The first-order valence-corrected chi connectivity index (χ1v) is 6.93. The number of hydrogen-bond acceptors (Lipinski definition) is 3. The lowest BCUT2D eigenvalue weighted by Crippen LogP contribution is -2.24. The van der Waals surface area contributed by atoms with E-state index >= 15 is 0 Å². The van der Waals surface area contributed by atoms with Gasteiger partial charge in [0.25, 0.3) is 0 Å². The molecule has 0 heterocycles. The summed E-state index contributed by atoms with van der Waals surface area (Å²) in [6.45, 7) is 3.39. The highest BCUT2D eigenvalue weighted by molar-refractivity contribution is 5.60. The van der Waals surface area contributed by atoms with E-state index in [1.807, 2.05) is 35.2 Å². The second kappa shape index (κ2) is 6.76. The van der Waals surface area contributed by atoms with Gasteiger partial charge >= 0.3 is 0 Å². The van der Waals surface area contributed by atoms with E-state index in [4.69, 9.17) is 5.73 Å². The van der Waals surface area contributed by atoms with Crippen molar-refractivity contribution in [3.05, 3.63) is 59.4 Å². The summed E-state index contributed by atoms with van der Waals surface area (Å²) in [4.78, 5) is 2.01. The van der Waals surface area contributed by atoms with Gasteiger partial charge in [-0.25, -0.2) is 4.39 Å². The maximum atomic E-state index is 13.8. The maximum absolute atomic E-state index is 13.8. The summed E-state index contributed by atoms with van der Waals surface area (Å²) < 4.78 is 13.8. The van der Waals surface area contributed by atoms with Gasteiger partial charge in [0.15, 0.2) is 0 Å². The predicted octanol–water partition coefficient (Wildman–Crippen LogP) is 3.70. The van der Waals surface area contributed by atoms with Crippen molar-refractivity contribution in [3.63, 3.8) is 0 Å². The van der Waals surface area contributed by atoms with Gasteiger partial charge < -0.3 is 10.6 Å². The Morgan fingerprint density at radius 1 is 1.24 bits per heavy atom. The van der Waals surface area contributed by atoms with Crippen molar-refractivity contribution >= 4 is 11.4 Å². The summed E-state index contributed by atoms with van der Waals surface area (Å²) >= 11 is 0. The molecule has 0 aliphatic carbocycles. The van der Waals surface area contributed by atoms with Crippen LogP contribution < -0.4 is 10.6 Å². The highest BCUT2D eigenvalue weighted by Gasteiger charge is 2.14. The number of halogens is 1. The molecule has 0 unspecified atom stereocenters. The van der Waals surface area contributed by atoms with Gasteiger partial charge in [0.05, 0.1) is 5.69 Å². The van der Waals surface area contributed by atoms with Crippen LogP contribution >= 0.6 is 0 Å². The molecule has 0 bridgehead atoms. The average molecular weight is 283 g/mol. The third-order valence-corrected chi connectivity index (χ3v) is 3.26.